The van der Waals surface area contributed by atoms with Crippen LogP contribution in [0.25, 0.3) is 0 Å². The number of ether oxygens (including phenoxy) is 1. The van der Waals surface area contributed by atoms with Gasteiger partial charge in [-0.3, -0.25) is 14.4 Å². The number of carbonyl (C=O) groups excluding carboxylic acids is 4. The molecule has 0 saturated carbocycles. The molecule has 3 aromatic carbocycles. The SMILES string of the molecule is CCCCOC(=O)c1ccc(NC(=O)c2cccc(NC3=C(Cl)C(=O)N(c4ccc(Br)cc4)C3=O)c2)cc1. The maximum atomic E-state index is 13.0. The molecule has 38 heavy (non-hydrogen) atoms. The Labute approximate surface area is 232 Å². The molecule has 0 spiro atoms. The van der Waals surface area contributed by atoms with Crippen molar-refractivity contribution in [2.45, 2.75) is 19.8 Å². The van der Waals surface area contributed by atoms with Gasteiger partial charge in [-0.15, -0.1) is 0 Å². The fourth-order valence-corrected chi connectivity index (χ4v) is 4.08. The van der Waals surface area contributed by atoms with E-state index in [9.17, 15) is 19.2 Å². The number of benzene rings is 3. The Kier molecular flexibility index (Phi) is 8.60. The summed E-state index contributed by atoms with van der Waals surface area (Å²) in [6, 6.07) is 19.5. The minimum absolute atomic E-state index is 0.0847. The summed E-state index contributed by atoms with van der Waals surface area (Å²) in [6.45, 7) is 2.37. The van der Waals surface area contributed by atoms with Gasteiger partial charge in [0.2, 0.25) is 0 Å². The summed E-state index contributed by atoms with van der Waals surface area (Å²) in [7, 11) is 0. The standard InChI is InChI=1S/C28H23BrClN3O5/c1-2-3-15-38-28(37)17-7-11-20(12-8-17)32-25(34)18-5-4-6-21(16-18)31-24-23(30)26(35)33(27(24)36)22-13-9-19(29)10-14-22/h4-14,16,31H,2-3,15H2,1H3,(H,32,34). The number of carbonyl (C=O) groups is 4. The van der Waals surface area contributed by atoms with Gasteiger partial charge >= 0.3 is 5.97 Å². The van der Waals surface area contributed by atoms with E-state index in [4.69, 9.17) is 16.3 Å². The Morgan fingerprint density at radius 2 is 1.63 bits per heavy atom. The number of hydrogen-bond donors (Lipinski definition) is 2. The van der Waals surface area contributed by atoms with Gasteiger partial charge in [0.1, 0.15) is 10.7 Å². The molecule has 4 rings (SSSR count). The molecule has 0 fully saturated rings. The summed E-state index contributed by atoms with van der Waals surface area (Å²) in [6.07, 6.45) is 1.73. The Morgan fingerprint density at radius 3 is 2.32 bits per heavy atom. The van der Waals surface area contributed by atoms with Crippen molar-refractivity contribution in [1.82, 2.24) is 0 Å². The van der Waals surface area contributed by atoms with E-state index in [-0.39, 0.29) is 10.7 Å². The second-order valence-electron chi connectivity index (χ2n) is 8.34. The molecule has 0 aromatic heterocycles. The van der Waals surface area contributed by atoms with Crippen LogP contribution in [0.1, 0.15) is 40.5 Å². The summed E-state index contributed by atoms with van der Waals surface area (Å²) >= 11 is 9.54. The molecule has 194 valence electrons. The largest absolute Gasteiger partial charge is 0.462 e. The topological polar surface area (TPSA) is 105 Å². The van der Waals surface area contributed by atoms with E-state index in [1.54, 1.807) is 66.7 Å². The second-order valence-corrected chi connectivity index (χ2v) is 9.63. The van der Waals surface area contributed by atoms with Gasteiger partial charge in [-0.25, -0.2) is 9.69 Å². The first-order valence-electron chi connectivity index (χ1n) is 11.8. The molecule has 1 aliphatic heterocycles. The Bertz CT molecular complexity index is 1420. The van der Waals surface area contributed by atoms with E-state index >= 15 is 0 Å². The van der Waals surface area contributed by atoms with Crippen LogP contribution in [0, 0.1) is 0 Å². The third-order valence-electron chi connectivity index (χ3n) is 5.62. The first-order valence-corrected chi connectivity index (χ1v) is 13.0. The van der Waals surface area contributed by atoms with Crippen molar-refractivity contribution >= 4 is 68.3 Å². The van der Waals surface area contributed by atoms with E-state index in [0.29, 0.717) is 34.8 Å². The minimum Gasteiger partial charge on any atom is -0.462 e. The average Bonchev–Trinajstić information content (AvgIpc) is 3.13. The van der Waals surface area contributed by atoms with Gasteiger partial charge < -0.3 is 15.4 Å². The third kappa shape index (κ3) is 6.12. The van der Waals surface area contributed by atoms with Crippen molar-refractivity contribution in [3.8, 4) is 0 Å². The zero-order valence-electron chi connectivity index (χ0n) is 20.3. The molecule has 0 saturated heterocycles. The quantitative estimate of drug-likeness (QED) is 0.176. The monoisotopic (exact) mass is 595 g/mol. The molecule has 3 aromatic rings. The lowest BCUT2D eigenvalue weighted by atomic mass is 10.1. The van der Waals surface area contributed by atoms with Crippen molar-refractivity contribution in [2.75, 3.05) is 22.1 Å². The zero-order valence-corrected chi connectivity index (χ0v) is 22.6. The lowest BCUT2D eigenvalue weighted by molar-refractivity contribution is -0.120. The average molecular weight is 597 g/mol. The van der Waals surface area contributed by atoms with Crippen LogP contribution in [-0.2, 0) is 14.3 Å². The zero-order chi connectivity index (χ0) is 27.2. The number of nitrogens with one attached hydrogen (secondary N) is 2. The number of hydrogen-bond acceptors (Lipinski definition) is 6. The van der Waals surface area contributed by atoms with Gasteiger partial charge in [0, 0.05) is 21.4 Å². The molecule has 0 aliphatic carbocycles. The number of halogens is 2. The van der Waals surface area contributed by atoms with Crippen LogP contribution in [0.5, 0.6) is 0 Å². The highest BCUT2D eigenvalue weighted by Gasteiger charge is 2.39. The van der Waals surface area contributed by atoms with Gasteiger partial charge in [0.25, 0.3) is 17.7 Å². The van der Waals surface area contributed by atoms with Gasteiger partial charge in [0.15, 0.2) is 0 Å². The van der Waals surface area contributed by atoms with E-state index in [1.165, 1.54) is 6.07 Å². The van der Waals surface area contributed by atoms with Crippen molar-refractivity contribution < 1.29 is 23.9 Å². The predicted molar refractivity (Wildman–Crippen MR) is 149 cm³/mol. The normalized spacial score (nSPS) is 13.1. The first kappa shape index (κ1) is 27.1. The third-order valence-corrected chi connectivity index (χ3v) is 6.50. The van der Waals surface area contributed by atoms with Crippen LogP contribution < -0.4 is 15.5 Å². The molecule has 0 atom stereocenters. The highest BCUT2D eigenvalue weighted by molar-refractivity contribution is 9.10. The van der Waals surface area contributed by atoms with E-state index in [1.807, 2.05) is 6.92 Å². The molecule has 1 aliphatic rings. The van der Waals surface area contributed by atoms with Gasteiger partial charge in [-0.2, -0.15) is 0 Å². The molecule has 0 radical (unpaired) electrons. The molecular formula is C28H23BrClN3O5. The van der Waals surface area contributed by atoms with Crippen LogP contribution in [-0.4, -0.2) is 30.3 Å². The molecule has 0 bridgehead atoms. The fraction of sp³-hybridized carbons (Fsp3) is 0.143. The van der Waals surface area contributed by atoms with Crippen molar-refractivity contribution in [1.29, 1.82) is 0 Å². The molecule has 8 nitrogen and oxygen atoms in total. The minimum atomic E-state index is -0.645. The highest BCUT2D eigenvalue weighted by atomic mass is 79.9. The summed E-state index contributed by atoms with van der Waals surface area (Å²) < 4.78 is 5.99. The highest BCUT2D eigenvalue weighted by Crippen LogP contribution is 2.31. The van der Waals surface area contributed by atoms with Crippen LogP contribution in [0.3, 0.4) is 0 Å². The smallest absolute Gasteiger partial charge is 0.338 e. The number of nitrogens with zero attached hydrogens (tertiary/aromatic N) is 1. The Morgan fingerprint density at radius 1 is 0.921 bits per heavy atom. The number of unbranched alkanes of at least 4 members (excludes halogenated alkanes) is 1. The number of esters is 1. The molecule has 2 N–H and O–H groups in total. The van der Waals surface area contributed by atoms with Crippen molar-refractivity contribution in [2.24, 2.45) is 0 Å². The molecule has 0 unspecified atom stereocenters. The van der Waals surface area contributed by atoms with Crippen molar-refractivity contribution in [3.05, 3.63) is 99.1 Å². The fourth-order valence-electron chi connectivity index (χ4n) is 3.60. The van der Waals surface area contributed by atoms with Crippen LogP contribution in [0.4, 0.5) is 17.1 Å². The number of rotatable bonds is 9. The molecule has 10 heteroatoms. The Balaban J connectivity index is 1.43. The van der Waals surface area contributed by atoms with Crippen LogP contribution in [0.2, 0.25) is 0 Å². The summed E-state index contributed by atoms with van der Waals surface area (Å²) in [4.78, 5) is 51.6. The van der Waals surface area contributed by atoms with Crippen molar-refractivity contribution in [3.63, 3.8) is 0 Å². The number of imide groups is 1. The molecule has 3 amide bonds. The van der Waals surface area contributed by atoms with Crippen LogP contribution >= 0.6 is 27.5 Å². The first-order chi connectivity index (χ1) is 18.3. The predicted octanol–water partition coefficient (Wildman–Crippen LogP) is 6.09. The summed E-state index contributed by atoms with van der Waals surface area (Å²) in [5.41, 5.74) is 1.88. The van der Waals surface area contributed by atoms with E-state index in [2.05, 4.69) is 26.6 Å². The molecular weight excluding hydrogens is 574 g/mol. The van der Waals surface area contributed by atoms with Gasteiger partial charge in [-0.1, -0.05) is 46.9 Å². The lowest BCUT2D eigenvalue weighted by Crippen LogP contribution is -2.32. The summed E-state index contributed by atoms with van der Waals surface area (Å²) in [5, 5.41) is 5.39. The maximum Gasteiger partial charge on any atom is 0.338 e. The van der Waals surface area contributed by atoms with Gasteiger partial charge in [0.05, 0.1) is 17.9 Å². The lowest BCUT2D eigenvalue weighted by Gasteiger charge is -2.15. The second kappa shape index (κ2) is 12.1. The molecule has 1 heterocycles. The van der Waals surface area contributed by atoms with E-state index in [0.717, 1.165) is 22.2 Å². The van der Waals surface area contributed by atoms with Gasteiger partial charge in [-0.05, 0) is 73.2 Å². The maximum absolute atomic E-state index is 13.0. The number of anilines is 3. The summed E-state index contributed by atoms with van der Waals surface area (Å²) in [5.74, 6) is -2.07. The van der Waals surface area contributed by atoms with E-state index < -0.39 is 23.7 Å². The van der Waals surface area contributed by atoms with Crippen LogP contribution in [0.15, 0.2) is 88.0 Å². The Hall–Kier alpha value is -3.95. The number of amides is 3.